The Balaban J connectivity index is 4.23. The van der Waals surface area contributed by atoms with Crippen LogP contribution in [0.15, 0.2) is 24.3 Å². The highest BCUT2D eigenvalue weighted by atomic mass is 16.3. The Kier molecular flexibility index (Phi) is 30.2. The summed E-state index contributed by atoms with van der Waals surface area (Å²) < 4.78 is 0. The first-order valence-electron chi connectivity index (χ1n) is 28.9. The van der Waals surface area contributed by atoms with Crippen LogP contribution in [-0.4, -0.2) is 227 Å². The number of allylic oxidation sites excluding steroid dienone is 2. The molecule has 1 aliphatic rings. The van der Waals surface area contributed by atoms with Crippen molar-refractivity contribution in [1.82, 2.24) is 55.6 Å². The Morgan fingerprint density at radius 1 is 0.549 bits per heavy atom. The van der Waals surface area contributed by atoms with Crippen molar-refractivity contribution >= 4 is 65.0 Å². The van der Waals surface area contributed by atoms with Crippen molar-refractivity contribution in [3.05, 3.63) is 24.3 Å². The maximum Gasteiger partial charge on any atom is 0.249 e. The van der Waals surface area contributed by atoms with Gasteiger partial charge in [-0.3, -0.25) is 52.7 Å². The number of hydrogen-bond donors (Lipinski definition) is 5. The van der Waals surface area contributed by atoms with Crippen molar-refractivity contribution < 1.29 is 57.8 Å². The lowest BCUT2D eigenvalue weighted by atomic mass is 9.91. The van der Waals surface area contributed by atoms with E-state index >= 15 is 9.59 Å². The molecule has 11 amide bonds. The van der Waals surface area contributed by atoms with Crippen molar-refractivity contribution in [2.75, 3.05) is 62.4 Å². The lowest BCUT2D eigenvalue weighted by Crippen LogP contribution is -2.63. The molecule has 1 saturated heterocycles. The van der Waals surface area contributed by atoms with Crippen molar-refractivity contribution in [3.8, 4) is 0 Å². The van der Waals surface area contributed by atoms with Gasteiger partial charge in [0.15, 0.2) is 0 Å². The zero-order valence-corrected chi connectivity index (χ0v) is 53.2. The van der Waals surface area contributed by atoms with Gasteiger partial charge in [0.25, 0.3) is 0 Å². The first-order valence-corrected chi connectivity index (χ1v) is 28.9. The number of nitrogens with zero attached hydrogens (tertiary/aromatic N) is 7. The van der Waals surface area contributed by atoms with Crippen LogP contribution >= 0.6 is 0 Å². The van der Waals surface area contributed by atoms with E-state index in [9.17, 15) is 48.3 Å². The topological polar surface area (TPSA) is 279 Å². The predicted molar refractivity (Wildman–Crippen MR) is 315 cm³/mol. The molecule has 0 saturated carbocycles. The molecule has 1 aliphatic heterocycles. The summed E-state index contributed by atoms with van der Waals surface area (Å²) in [6.07, 6.45) is 2.92. The van der Waals surface area contributed by atoms with Crippen LogP contribution < -0.4 is 21.3 Å². The smallest absolute Gasteiger partial charge is 0.249 e. The van der Waals surface area contributed by atoms with E-state index in [4.69, 9.17) is 0 Å². The fraction of sp³-hybridized carbons (Fsp3) is 0.746. The van der Waals surface area contributed by atoms with Crippen LogP contribution in [0.25, 0.3) is 0 Å². The minimum atomic E-state index is -1.61. The second-order valence-electron chi connectivity index (χ2n) is 24.0. The normalized spacial score (nSPS) is 26.3. The molecule has 1 fully saturated rings. The number of rotatable bonds is 14. The zero-order chi connectivity index (χ0) is 63.5. The van der Waals surface area contributed by atoms with Gasteiger partial charge in [-0.25, -0.2) is 0 Å². The van der Waals surface area contributed by atoms with Crippen LogP contribution in [0.5, 0.6) is 0 Å². The number of amides is 11. The molecule has 82 heavy (non-hydrogen) atoms. The van der Waals surface area contributed by atoms with Crippen LogP contribution in [0.4, 0.5) is 0 Å². The van der Waals surface area contributed by atoms with Crippen LogP contribution in [0.1, 0.15) is 135 Å². The summed E-state index contributed by atoms with van der Waals surface area (Å²) in [6, 6.07) is -11.4. The fourth-order valence-electron chi connectivity index (χ4n) is 9.98. The van der Waals surface area contributed by atoms with E-state index in [2.05, 4.69) is 27.8 Å². The number of carbonyl (C=O) groups is 11. The summed E-state index contributed by atoms with van der Waals surface area (Å²) in [5, 5.41) is 22.8. The van der Waals surface area contributed by atoms with E-state index in [1.165, 1.54) is 77.9 Å². The molecule has 1 rings (SSSR count). The van der Waals surface area contributed by atoms with Gasteiger partial charge in [-0.15, -0.1) is 0 Å². The zero-order valence-electron chi connectivity index (χ0n) is 53.2. The third kappa shape index (κ3) is 20.5. The average molecular weight is 1160 g/mol. The minimum absolute atomic E-state index is 0.0188. The van der Waals surface area contributed by atoms with Gasteiger partial charge in [0.1, 0.15) is 54.4 Å². The molecule has 0 aromatic rings. The summed E-state index contributed by atoms with van der Waals surface area (Å²) in [6.45, 7) is 27.1. The molecular formula is C59H103N11O12. The monoisotopic (exact) mass is 1160 g/mol. The first-order chi connectivity index (χ1) is 37.9. The number of aliphatic hydroxyl groups is 1. The Morgan fingerprint density at radius 2 is 1.00 bits per heavy atom. The molecule has 0 radical (unpaired) electrons. The molecule has 0 aliphatic carbocycles. The van der Waals surface area contributed by atoms with Crippen molar-refractivity contribution in [2.24, 2.45) is 29.6 Å². The van der Waals surface area contributed by atoms with E-state index in [0.29, 0.717) is 6.42 Å². The molecule has 0 aromatic carbocycles. The second kappa shape index (κ2) is 33.6. The van der Waals surface area contributed by atoms with E-state index < -0.39 is 150 Å². The van der Waals surface area contributed by atoms with Crippen molar-refractivity contribution in [3.63, 3.8) is 0 Å². The maximum atomic E-state index is 15.1. The maximum absolute atomic E-state index is 15.1. The molecule has 0 bridgehead atoms. The fourth-order valence-corrected chi connectivity index (χ4v) is 9.98. The molecule has 11 atom stereocenters. The van der Waals surface area contributed by atoms with Crippen LogP contribution in [0, 0.1) is 29.6 Å². The highest BCUT2D eigenvalue weighted by Gasteiger charge is 2.45. The lowest BCUT2D eigenvalue weighted by molar-refractivity contribution is -0.157. The van der Waals surface area contributed by atoms with Crippen LogP contribution in [0.2, 0.25) is 0 Å². The average Bonchev–Trinajstić information content (AvgIpc) is 3.61. The SMILES string of the molecule is C=C(C)[C@@H]1NC(=O)CN(C)C(=O)CN(C)C(=O)[C@H](CC)NC(=O)[C@H]([C@H](O)[C@H](C)C/C=C/C)N(C)C(=O)[C@H](C(C)C)N(C)C(=O)[C@@H](CC(C)C)N(C)C(=O)[C@H](CC(C)C)N(C)C(=O)[C@@H](C)NC(=O)C(CC)NC(=O)[C@H](CC(C)C)N(C)C1=O. The van der Waals surface area contributed by atoms with Gasteiger partial charge in [-0.2, -0.15) is 0 Å². The molecule has 1 unspecified atom stereocenters. The van der Waals surface area contributed by atoms with E-state index in [0.717, 1.165) is 19.6 Å². The van der Waals surface area contributed by atoms with Gasteiger partial charge in [-0.05, 0) is 94.5 Å². The predicted octanol–water partition coefficient (Wildman–Crippen LogP) is 2.16. The highest BCUT2D eigenvalue weighted by Crippen LogP contribution is 2.25. The van der Waals surface area contributed by atoms with Gasteiger partial charge in [0.2, 0.25) is 65.0 Å². The Morgan fingerprint density at radius 3 is 1.46 bits per heavy atom. The first kappa shape index (κ1) is 73.6. The van der Waals surface area contributed by atoms with Gasteiger partial charge < -0.3 is 60.7 Å². The van der Waals surface area contributed by atoms with Crippen LogP contribution in [-0.2, 0) is 52.7 Å². The Hall–Kier alpha value is -6.39. The third-order valence-corrected chi connectivity index (χ3v) is 15.1. The molecular weight excluding hydrogens is 1050 g/mol. The highest BCUT2D eigenvalue weighted by molar-refractivity contribution is 5.99. The van der Waals surface area contributed by atoms with Crippen molar-refractivity contribution in [2.45, 2.75) is 196 Å². The number of nitrogens with one attached hydrogen (secondary N) is 4. The lowest BCUT2D eigenvalue weighted by Gasteiger charge is -2.41. The quantitative estimate of drug-likeness (QED) is 0.157. The summed E-state index contributed by atoms with van der Waals surface area (Å²) in [4.78, 5) is 166. The Bertz CT molecular complexity index is 2290. The molecule has 1 heterocycles. The van der Waals surface area contributed by atoms with E-state index in [1.54, 1.807) is 53.7 Å². The second-order valence-corrected chi connectivity index (χ2v) is 24.0. The Labute approximate surface area is 489 Å². The van der Waals surface area contributed by atoms with E-state index in [-0.39, 0.29) is 55.4 Å². The van der Waals surface area contributed by atoms with Gasteiger partial charge in [0.05, 0.1) is 19.2 Å². The standard InChI is InChI=1S/C59H103N11O12/c1-23-26-27-38(14)50(73)49-53(76)62-41(25-3)55(78)65(17)32-46(72)64(16)31-45(71)63-47(36(10)11)58(81)66(18)42(28-33(4)5)52(75)61-40(24-2)51(74)60-39(15)54(77)67(19)43(29-34(6)7)56(79)68(20)44(30-35(8)9)57(80)69(21)48(37(12)13)59(82)70(49)22/h23,26,33-35,37-44,47-50,73H,10,24-25,27-32H2,1-9,11-22H3,(H,60,74)(H,61,75)(H,62,76)(H,63,71)/b26-23+/t38-,39-,40?,41+,42+,43+,44-,47+,48+,49+,50-/m1/s1. The number of aliphatic hydroxyl groups excluding tert-OH is 1. The van der Waals surface area contributed by atoms with Gasteiger partial charge >= 0.3 is 0 Å². The van der Waals surface area contributed by atoms with E-state index in [1.807, 2.05) is 41.5 Å². The summed E-state index contributed by atoms with van der Waals surface area (Å²) in [5.74, 6) is -9.36. The van der Waals surface area contributed by atoms with Gasteiger partial charge in [-0.1, -0.05) is 94.9 Å². The summed E-state index contributed by atoms with van der Waals surface area (Å²) in [5.41, 5.74) is 0.209. The van der Waals surface area contributed by atoms with Crippen molar-refractivity contribution in [1.29, 1.82) is 0 Å². The van der Waals surface area contributed by atoms with Gasteiger partial charge in [0, 0.05) is 49.3 Å². The number of hydrogen-bond acceptors (Lipinski definition) is 12. The minimum Gasteiger partial charge on any atom is -0.390 e. The molecule has 466 valence electrons. The molecule has 23 heteroatoms. The summed E-state index contributed by atoms with van der Waals surface area (Å²) >= 11 is 0. The molecule has 0 spiro atoms. The molecule has 23 nitrogen and oxygen atoms in total. The number of carbonyl (C=O) groups excluding carboxylic acids is 11. The number of likely N-dealkylation sites (N-methyl/N-ethyl adjacent to an activating group) is 7. The molecule has 5 N–H and O–H groups in total. The summed E-state index contributed by atoms with van der Waals surface area (Å²) in [7, 11) is 9.71. The molecule has 0 aromatic heterocycles. The van der Waals surface area contributed by atoms with Crippen LogP contribution in [0.3, 0.4) is 0 Å². The third-order valence-electron chi connectivity index (χ3n) is 15.1. The largest absolute Gasteiger partial charge is 0.390 e.